The zero-order chi connectivity index (χ0) is 14.5. The number of hydrogen-bond donors (Lipinski definition) is 2. The SMILES string of the molecule is Nc1c(NCc2ccco2)ncnc1Sc1ccccc1. The van der Waals surface area contributed by atoms with Gasteiger partial charge in [0.2, 0.25) is 0 Å². The molecule has 0 saturated carbocycles. The van der Waals surface area contributed by atoms with Gasteiger partial charge >= 0.3 is 0 Å². The summed E-state index contributed by atoms with van der Waals surface area (Å²) in [4.78, 5) is 9.50. The van der Waals surface area contributed by atoms with Crippen molar-refractivity contribution in [1.82, 2.24) is 9.97 Å². The van der Waals surface area contributed by atoms with Crippen molar-refractivity contribution in [3.8, 4) is 0 Å². The van der Waals surface area contributed by atoms with Gasteiger partial charge in [-0.25, -0.2) is 9.97 Å². The van der Waals surface area contributed by atoms with Gasteiger partial charge in [0, 0.05) is 4.90 Å². The fraction of sp³-hybridized carbons (Fsp3) is 0.0667. The number of nitrogens with zero attached hydrogens (tertiary/aromatic N) is 2. The largest absolute Gasteiger partial charge is 0.467 e. The molecule has 0 aliphatic heterocycles. The van der Waals surface area contributed by atoms with E-state index < -0.39 is 0 Å². The Balaban J connectivity index is 1.75. The van der Waals surface area contributed by atoms with Gasteiger partial charge in [-0.3, -0.25) is 0 Å². The summed E-state index contributed by atoms with van der Waals surface area (Å²) in [6.07, 6.45) is 3.14. The second-order valence-corrected chi connectivity index (χ2v) is 5.35. The van der Waals surface area contributed by atoms with Gasteiger partial charge in [0.25, 0.3) is 0 Å². The Bertz CT molecular complexity index is 701. The maximum Gasteiger partial charge on any atom is 0.154 e. The van der Waals surface area contributed by atoms with Crippen LogP contribution in [0.2, 0.25) is 0 Å². The molecule has 0 aliphatic rings. The fourth-order valence-corrected chi connectivity index (χ4v) is 2.61. The minimum absolute atomic E-state index is 0.531. The van der Waals surface area contributed by atoms with E-state index in [9.17, 15) is 0 Å². The first-order valence-corrected chi connectivity index (χ1v) is 7.24. The minimum atomic E-state index is 0.531. The van der Waals surface area contributed by atoms with E-state index in [0.29, 0.717) is 18.1 Å². The number of aromatic nitrogens is 2. The van der Waals surface area contributed by atoms with Crippen molar-refractivity contribution in [3.05, 3.63) is 60.8 Å². The molecule has 0 aliphatic carbocycles. The number of anilines is 2. The lowest BCUT2D eigenvalue weighted by atomic mass is 10.4. The second kappa shape index (κ2) is 6.32. The highest BCUT2D eigenvalue weighted by atomic mass is 32.2. The van der Waals surface area contributed by atoms with E-state index in [1.54, 1.807) is 6.26 Å². The van der Waals surface area contributed by atoms with Gasteiger partial charge in [0.1, 0.15) is 22.8 Å². The smallest absolute Gasteiger partial charge is 0.154 e. The highest BCUT2D eigenvalue weighted by Gasteiger charge is 2.09. The van der Waals surface area contributed by atoms with Crippen LogP contribution in [0.3, 0.4) is 0 Å². The fourth-order valence-electron chi connectivity index (χ4n) is 1.79. The molecule has 0 saturated heterocycles. The van der Waals surface area contributed by atoms with E-state index in [4.69, 9.17) is 10.2 Å². The number of nitrogens with two attached hydrogens (primary N) is 1. The van der Waals surface area contributed by atoms with Crippen LogP contribution in [-0.2, 0) is 6.54 Å². The van der Waals surface area contributed by atoms with Gasteiger partial charge in [0.15, 0.2) is 5.82 Å². The number of furan rings is 1. The van der Waals surface area contributed by atoms with Gasteiger partial charge in [-0.2, -0.15) is 0 Å². The van der Waals surface area contributed by atoms with Crippen LogP contribution in [0.15, 0.2) is 69.4 Å². The van der Waals surface area contributed by atoms with Gasteiger partial charge in [-0.05, 0) is 24.3 Å². The summed E-state index contributed by atoms with van der Waals surface area (Å²) in [5, 5.41) is 3.89. The normalized spacial score (nSPS) is 10.5. The van der Waals surface area contributed by atoms with Gasteiger partial charge in [-0.15, -0.1) is 0 Å². The van der Waals surface area contributed by atoms with Gasteiger partial charge < -0.3 is 15.5 Å². The van der Waals surface area contributed by atoms with E-state index in [-0.39, 0.29) is 0 Å². The predicted octanol–water partition coefficient (Wildman–Crippen LogP) is 3.42. The van der Waals surface area contributed by atoms with Crippen molar-refractivity contribution >= 4 is 23.3 Å². The van der Waals surface area contributed by atoms with E-state index >= 15 is 0 Å². The third-order valence-electron chi connectivity index (χ3n) is 2.82. The average molecular weight is 298 g/mol. The third-order valence-corrected chi connectivity index (χ3v) is 3.84. The van der Waals surface area contributed by atoms with Crippen LogP contribution in [-0.4, -0.2) is 9.97 Å². The summed E-state index contributed by atoms with van der Waals surface area (Å²) in [5.74, 6) is 1.44. The van der Waals surface area contributed by atoms with E-state index in [0.717, 1.165) is 15.7 Å². The first-order chi connectivity index (χ1) is 10.3. The Hall–Kier alpha value is -2.47. The molecule has 0 spiro atoms. The summed E-state index contributed by atoms with van der Waals surface area (Å²) in [6, 6.07) is 13.7. The Morgan fingerprint density at radius 2 is 1.95 bits per heavy atom. The molecule has 21 heavy (non-hydrogen) atoms. The van der Waals surface area contributed by atoms with Crippen molar-refractivity contribution < 1.29 is 4.42 Å². The lowest BCUT2D eigenvalue weighted by Gasteiger charge is -2.09. The molecular weight excluding hydrogens is 284 g/mol. The van der Waals surface area contributed by atoms with E-state index in [1.807, 2.05) is 42.5 Å². The van der Waals surface area contributed by atoms with Crippen LogP contribution >= 0.6 is 11.8 Å². The zero-order valence-electron chi connectivity index (χ0n) is 11.2. The van der Waals surface area contributed by atoms with E-state index in [1.165, 1.54) is 18.1 Å². The molecule has 5 nitrogen and oxygen atoms in total. The summed E-state index contributed by atoms with van der Waals surface area (Å²) < 4.78 is 5.27. The molecule has 2 heterocycles. The molecule has 0 fully saturated rings. The topological polar surface area (TPSA) is 77.0 Å². The highest BCUT2D eigenvalue weighted by Crippen LogP contribution is 2.32. The number of rotatable bonds is 5. The van der Waals surface area contributed by atoms with Crippen molar-refractivity contribution in [3.63, 3.8) is 0 Å². The Labute approximate surface area is 126 Å². The van der Waals surface area contributed by atoms with Crippen LogP contribution in [0.4, 0.5) is 11.5 Å². The van der Waals surface area contributed by atoms with E-state index in [2.05, 4.69) is 15.3 Å². The van der Waals surface area contributed by atoms with Crippen LogP contribution < -0.4 is 11.1 Å². The average Bonchev–Trinajstić information content (AvgIpc) is 3.03. The van der Waals surface area contributed by atoms with Crippen molar-refractivity contribution in [2.75, 3.05) is 11.1 Å². The van der Waals surface area contributed by atoms with Crippen molar-refractivity contribution in [1.29, 1.82) is 0 Å². The predicted molar refractivity (Wildman–Crippen MR) is 83.0 cm³/mol. The number of nitrogen functional groups attached to an aromatic ring is 1. The molecular formula is C15H14N4OS. The summed E-state index contributed by atoms with van der Waals surface area (Å²) in [5.41, 5.74) is 6.67. The highest BCUT2D eigenvalue weighted by molar-refractivity contribution is 7.99. The molecule has 0 radical (unpaired) electrons. The third kappa shape index (κ3) is 3.35. The molecule has 0 unspecified atom stereocenters. The minimum Gasteiger partial charge on any atom is -0.467 e. The monoisotopic (exact) mass is 298 g/mol. The van der Waals surface area contributed by atoms with Gasteiger partial charge in [-0.1, -0.05) is 30.0 Å². The quantitative estimate of drug-likeness (QED) is 0.703. The van der Waals surface area contributed by atoms with Crippen molar-refractivity contribution in [2.24, 2.45) is 0 Å². The number of nitrogens with one attached hydrogen (secondary N) is 1. The standard InChI is InChI=1S/C15H14N4OS/c16-13-14(17-9-11-5-4-8-20-11)18-10-19-15(13)21-12-6-2-1-3-7-12/h1-8,10H,9,16H2,(H,17,18,19). The maximum absolute atomic E-state index is 6.13. The summed E-state index contributed by atoms with van der Waals surface area (Å²) >= 11 is 1.51. The van der Waals surface area contributed by atoms with Crippen molar-refractivity contribution in [2.45, 2.75) is 16.5 Å². The molecule has 2 aromatic heterocycles. The lowest BCUT2D eigenvalue weighted by Crippen LogP contribution is -2.05. The Kier molecular flexibility index (Phi) is 4.07. The van der Waals surface area contributed by atoms with Crippen LogP contribution in [0.5, 0.6) is 0 Å². The lowest BCUT2D eigenvalue weighted by molar-refractivity contribution is 0.518. The summed E-state index contributed by atoms with van der Waals surface area (Å²) in [7, 11) is 0. The molecule has 3 N–H and O–H groups in total. The Morgan fingerprint density at radius 3 is 2.71 bits per heavy atom. The molecule has 0 amide bonds. The Morgan fingerprint density at radius 1 is 1.10 bits per heavy atom. The molecule has 106 valence electrons. The number of benzene rings is 1. The first-order valence-electron chi connectivity index (χ1n) is 6.42. The second-order valence-electron chi connectivity index (χ2n) is 4.29. The molecule has 6 heteroatoms. The summed E-state index contributed by atoms with van der Waals surface area (Å²) in [6.45, 7) is 0.531. The molecule has 3 aromatic rings. The maximum atomic E-state index is 6.13. The molecule has 0 atom stereocenters. The molecule has 1 aromatic carbocycles. The van der Waals surface area contributed by atoms with Crippen LogP contribution in [0.1, 0.15) is 5.76 Å². The van der Waals surface area contributed by atoms with Gasteiger partial charge in [0.05, 0.1) is 12.8 Å². The first kappa shape index (κ1) is 13.5. The number of hydrogen-bond acceptors (Lipinski definition) is 6. The zero-order valence-corrected chi connectivity index (χ0v) is 12.0. The molecule has 3 rings (SSSR count). The molecule has 0 bridgehead atoms. The van der Waals surface area contributed by atoms with Crippen LogP contribution in [0.25, 0.3) is 0 Å². The van der Waals surface area contributed by atoms with Crippen LogP contribution in [0, 0.1) is 0 Å².